The van der Waals surface area contributed by atoms with Crippen LogP contribution in [0, 0.1) is 11.8 Å². The van der Waals surface area contributed by atoms with Gasteiger partial charge >= 0.3 is 0 Å². The van der Waals surface area contributed by atoms with Gasteiger partial charge in [-0.15, -0.1) is 0 Å². The Balaban J connectivity index is 0.732. The predicted octanol–water partition coefficient (Wildman–Crippen LogP) is 3.61. The number of aromatic nitrogens is 2. The number of fused-ring (bicyclic) bond motifs is 3. The third-order valence-corrected chi connectivity index (χ3v) is 16.8. The number of aryl methyl sites for hydroxylation is 1. The molecule has 5 fully saturated rings. The van der Waals surface area contributed by atoms with Crippen LogP contribution >= 0.6 is 0 Å². The molecule has 5 aliphatic heterocycles. The number of rotatable bonds is 12. The first-order valence-corrected chi connectivity index (χ1v) is 24.0. The van der Waals surface area contributed by atoms with Crippen LogP contribution in [-0.4, -0.2) is 120 Å². The van der Waals surface area contributed by atoms with Crippen molar-refractivity contribution in [1.82, 2.24) is 28.8 Å². The van der Waals surface area contributed by atoms with E-state index >= 15 is 0 Å². The molecule has 5 amide bonds. The Morgan fingerprint density at radius 2 is 1.72 bits per heavy atom. The second kappa shape index (κ2) is 16.7. The van der Waals surface area contributed by atoms with Crippen molar-refractivity contribution in [3.8, 4) is 0 Å². The Labute approximate surface area is 358 Å². The summed E-state index contributed by atoms with van der Waals surface area (Å²) < 4.78 is 30.8. The molecule has 4 unspecified atom stereocenters. The van der Waals surface area contributed by atoms with Gasteiger partial charge in [0.25, 0.3) is 10.2 Å². The maximum atomic E-state index is 13.9. The molecule has 61 heavy (non-hydrogen) atoms. The van der Waals surface area contributed by atoms with Gasteiger partial charge in [0.15, 0.2) is 0 Å². The smallest absolute Gasteiger partial charge is 0.282 e. The molecule has 0 radical (unpaired) electrons. The molecule has 1 spiro atoms. The summed E-state index contributed by atoms with van der Waals surface area (Å²) in [6, 6.07) is 6.20. The van der Waals surface area contributed by atoms with Crippen LogP contribution in [0.4, 0.5) is 17.5 Å². The van der Waals surface area contributed by atoms with E-state index < -0.39 is 15.6 Å². The van der Waals surface area contributed by atoms with Crippen molar-refractivity contribution in [2.75, 3.05) is 61.4 Å². The van der Waals surface area contributed by atoms with Crippen LogP contribution in [0.15, 0.2) is 24.4 Å². The van der Waals surface area contributed by atoms with Gasteiger partial charge in [0, 0.05) is 94.6 Å². The van der Waals surface area contributed by atoms with Crippen LogP contribution in [0.3, 0.4) is 0 Å². The number of anilines is 3. The third-order valence-electron chi connectivity index (χ3n) is 14.8. The number of carbonyl (C=O) groups excluding carboxylic acids is 5. The second-order valence-electron chi connectivity index (χ2n) is 18.5. The molecule has 4 atom stereocenters. The molecule has 0 bridgehead atoms. The summed E-state index contributed by atoms with van der Waals surface area (Å²) in [6.07, 6.45) is 12.1. The topological polar surface area (TPSA) is 186 Å². The van der Waals surface area contributed by atoms with Crippen LogP contribution in [0.1, 0.15) is 119 Å². The number of nitrogens with one attached hydrogen (secondary N) is 2. The Kier molecular flexibility index (Phi) is 11.4. The van der Waals surface area contributed by atoms with Crippen LogP contribution in [-0.2, 0) is 46.0 Å². The van der Waals surface area contributed by atoms with E-state index in [4.69, 9.17) is 4.98 Å². The molecule has 1 aromatic carbocycles. The zero-order valence-corrected chi connectivity index (χ0v) is 36.3. The maximum Gasteiger partial charge on any atom is 0.282 e. The van der Waals surface area contributed by atoms with Gasteiger partial charge in [0.2, 0.25) is 35.5 Å². The summed E-state index contributed by atoms with van der Waals surface area (Å²) in [5.74, 6) is 0.800. The highest BCUT2D eigenvalue weighted by atomic mass is 32.2. The van der Waals surface area contributed by atoms with Crippen molar-refractivity contribution >= 4 is 57.2 Å². The minimum absolute atomic E-state index is 0.000804. The Bertz CT molecular complexity index is 2210. The van der Waals surface area contributed by atoms with Gasteiger partial charge in [-0.3, -0.25) is 34.2 Å². The molecule has 16 nitrogen and oxygen atoms in total. The lowest BCUT2D eigenvalue weighted by Gasteiger charge is -2.35. The first kappa shape index (κ1) is 41.9. The van der Waals surface area contributed by atoms with Crippen LogP contribution < -0.4 is 20.4 Å². The lowest BCUT2D eigenvalue weighted by molar-refractivity contribution is -0.137. The van der Waals surface area contributed by atoms with Crippen LogP contribution in [0.5, 0.6) is 0 Å². The summed E-state index contributed by atoms with van der Waals surface area (Å²) in [4.78, 5) is 79.0. The van der Waals surface area contributed by atoms with Crippen molar-refractivity contribution in [2.45, 2.75) is 127 Å². The summed E-state index contributed by atoms with van der Waals surface area (Å²) >= 11 is 0. The molecule has 3 saturated heterocycles. The molecule has 2 N–H and O–H groups in total. The Hall–Kier alpha value is -4.48. The average molecular weight is 858 g/mol. The Morgan fingerprint density at radius 3 is 2.46 bits per heavy atom. The molecule has 9 rings (SSSR count). The second-order valence-corrected chi connectivity index (χ2v) is 20.5. The SMILES string of the molecule is CC1CCCC1N1C(=O)C2(CC2)c2cnc(NC3CCN(S(=O)(=O)N4CCCN(C(=O)CCCc5ccc6c(c5)N(C)C(=O)C6CCC5CCC(=O)NC5=O)CC4)CC3)nc21. The third kappa shape index (κ3) is 7.94. The fraction of sp³-hybridized carbons (Fsp3) is 0.659. The molecule has 1 aromatic heterocycles. The highest BCUT2D eigenvalue weighted by molar-refractivity contribution is 7.86. The van der Waals surface area contributed by atoms with Gasteiger partial charge in [-0.2, -0.15) is 22.0 Å². The molecule has 6 heterocycles. The molecule has 2 aromatic rings. The molecule has 2 aliphatic carbocycles. The van der Waals surface area contributed by atoms with E-state index in [1.54, 1.807) is 21.2 Å². The van der Waals surface area contributed by atoms with E-state index in [-0.39, 0.29) is 60.0 Å². The summed E-state index contributed by atoms with van der Waals surface area (Å²) in [5.41, 5.74) is 3.36. The van der Waals surface area contributed by atoms with E-state index in [1.165, 1.54) is 4.31 Å². The number of benzene rings is 1. The lowest BCUT2D eigenvalue weighted by Crippen LogP contribution is -2.50. The van der Waals surface area contributed by atoms with Gasteiger partial charge < -0.3 is 15.1 Å². The minimum Gasteiger partial charge on any atom is -0.351 e. The zero-order valence-electron chi connectivity index (χ0n) is 35.4. The van der Waals surface area contributed by atoms with Gasteiger partial charge in [-0.1, -0.05) is 25.5 Å². The summed E-state index contributed by atoms with van der Waals surface area (Å²) in [5, 5.41) is 5.87. The molecule has 7 aliphatic rings. The zero-order chi connectivity index (χ0) is 42.6. The lowest BCUT2D eigenvalue weighted by atomic mass is 9.87. The number of amides is 5. The van der Waals surface area contributed by atoms with Gasteiger partial charge in [0.1, 0.15) is 5.82 Å². The predicted molar refractivity (Wildman–Crippen MR) is 228 cm³/mol. The number of imide groups is 1. The van der Waals surface area contributed by atoms with Gasteiger partial charge in [-0.25, -0.2) is 4.98 Å². The molecule has 2 saturated carbocycles. The highest BCUT2D eigenvalue weighted by Gasteiger charge is 2.62. The molecular formula is C44H59N9O7S. The highest BCUT2D eigenvalue weighted by Crippen LogP contribution is 2.58. The van der Waals surface area contributed by atoms with Gasteiger partial charge in [0.05, 0.1) is 11.3 Å². The number of likely N-dealkylation sites (N-methyl/N-ethyl adjacent to an activating group) is 1. The number of nitrogens with zero attached hydrogens (tertiary/aromatic N) is 7. The van der Waals surface area contributed by atoms with Crippen LogP contribution in [0.2, 0.25) is 0 Å². The quantitative estimate of drug-likeness (QED) is 0.299. The first-order chi connectivity index (χ1) is 29.3. The number of carbonyl (C=O) groups is 5. The van der Waals surface area contributed by atoms with Crippen molar-refractivity contribution in [1.29, 1.82) is 0 Å². The van der Waals surface area contributed by atoms with E-state index in [0.29, 0.717) is 109 Å². The first-order valence-electron chi connectivity index (χ1n) is 22.6. The molecule has 328 valence electrons. The Morgan fingerprint density at radius 1 is 0.934 bits per heavy atom. The number of hydrogen-bond donors (Lipinski definition) is 2. The standard InChI is InChI=1S/C44H59N9O7S/c1-28-6-3-8-35(28)53-39-34(44(18-19-44)42(53)58)27-45-43(48-39)46-31-16-22-52(23-17-31)61(59,60)51-21-5-20-50(24-25-51)38(55)9-4-7-29-10-13-32-33(41(57)49(2)36(32)26-29)14-11-30-12-15-37(54)47-40(30)56/h10,13,26-28,30-31,33,35H,3-9,11-12,14-25H2,1-2H3,(H,45,46,48)(H,47,54,56). The summed E-state index contributed by atoms with van der Waals surface area (Å²) in [6.45, 7) is 4.43. The van der Waals surface area contributed by atoms with Crippen molar-refractivity contribution < 1.29 is 32.4 Å². The average Bonchev–Trinajstić information content (AvgIpc) is 3.91. The van der Waals surface area contributed by atoms with Crippen molar-refractivity contribution in [2.24, 2.45) is 11.8 Å². The maximum absolute atomic E-state index is 13.9. The summed E-state index contributed by atoms with van der Waals surface area (Å²) in [7, 11) is -1.94. The van der Waals surface area contributed by atoms with E-state index in [1.807, 2.05) is 29.3 Å². The largest absolute Gasteiger partial charge is 0.351 e. The monoisotopic (exact) mass is 857 g/mol. The fourth-order valence-corrected chi connectivity index (χ4v) is 12.5. The van der Waals surface area contributed by atoms with Gasteiger partial charge in [-0.05, 0) is 100 Å². The number of hydrogen-bond acceptors (Lipinski definition) is 10. The van der Waals surface area contributed by atoms with Crippen molar-refractivity contribution in [3.05, 3.63) is 41.1 Å². The van der Waals surface area contributed by atoms with E-state index in [9.17, 15) is 32.4 Å². The number of piperidine rings is 2. The molecular weight excluding hydrogens is 799 g/mol. The van der Waals surface area contributed by atoms with E-state index in [2.05, 4.69) is 22.5 Å². The normalized spacial score (nSPS) is 27.1. The molecule has 17 heteroatoms. The van der Waals surface area contributed by atoms with E-state index in [0.717, 1.165) is 60.3 Å². The minimum atomic E-state index is -3.71. The van der Waals surface area contributed by atoms with Crippen molar-refractivity contribution in [3.63, 3.8) is 0 Å². The van der Waals surface area contributed by atoms with Crippen LogP contribution in [0.25, 0.3) is 0 Å². The fourth-order valence-electron chi connectivity index (χ4n) is 10.9.